The van der Waals surface area contributed by atoms with Crippen LogP contribution in [0.5, 0.6) is 0 Å². The summed E-state index contributed by atoms with van der Waals surface area (Å²) in [6, 6.07) is 4.36. The van der Waals surface area contributed by atoms with E-state index in [0.29, 0.717) is 12.8 Å². The average Bonchev–Trinajstić information content (AvgIpc) is 2.49. The van der Waals surface area contributed by atoms with Crippen LogP contribution in [0, 0.1) is 12.7 Å². The van der Waals surface area contributed by atoms with Crippen molar-refractivity contribution < 1.29 is 14.4 Å². The van der Waals surface area contributed by atoms with Crippen LogP contribution in [-0.4, -0.2) is 22.5 Å². The Labute approximate surface area is 123 Å². The Balaban J connectivity index is 2.28. The van der Waals surface area contributed by atoms with Gasteiger partial charge in [-0.05, 0) is 31.9 Å². The fourth-order valence-corrected chi connectivity index (χ4v) is 2.79. The number of rotatable bonds is 3. The number of nitrogens with one attached hydrogen (secondary N) is 1. The van der Waals surface area contributed by atoms with Crippen LogP contribution in [0.25, 0.3) is 0 Å². The number of nitrogens with two attached hydrogens (primary N) is 1. The molecule has 2 rings (SSSR count). The van der Waals surface area contributed by atoms with Gasteiger partial charge in [0.15, 0.2) is 5.84 Å². The molecular weight excluding hydrogens is 273 g/mol. The van der Waals surface area contributed by atoms with Gasteiger partial charge < -0.3 is 16.3 Å². The van der Waals surface area contributed by atoms with Crippen LogP contribution in [0.3, 0.4) is 0 Å². The van der Waals surface area contributed by atoms with E-state index in [9.17, 15) is 9.18 Å². The molecule has 1 fully saturated rings. The number of nitrogens with zero attached hydrogens (tertiary/aromatic N) is 1. The number of oxime groups is 1. The van der Waals surface area contributed by atoms with Crippen LogP contribution in [0.15, 0.2) is 23.4 Å². The van der Waals surface area contributed by atoms with E-state index in [4.69, 9.17) is 10.9 Å². The van der Waals surface area contributed by atoms with Crippen molar-refractivity contribution in [2.75, 3.05) is 0 Å². The van der Waals surface area contributed by atoms with Gasteiger partial charge in [0.25, 0.3) is 5.91 Å². The number of halogens is 1. The van der Waals surface area contributed by atoms with E-state index in [-0.39, 0.29) is 11.4 Å². The topological polar surface area (TPSA) is 87.7 Å². The van der Waals surface area contributed by atoms with Crippen molar-refractivity contribution in [1.29, 1.82) is 0 Å². The summed E-state index contributed by atoms with van der Waals surface area (Å²) in [6.07, 6.45) is 3.94. The monoisotopic (exact) mass is 293 g/mol. The maximum absolute atomic E-state index is 13.8. The van der Waals surface area contributed by atoms with Gasteiger partial charge in [-0.15, -0.1) is 0 Å². The van der Waals surface area contributed by atoms with Gasteiger partial charge >= 0.3 is 0 Å². The first-order valence-corrected chi connectivity index (χ1v) is 7.05. The SMILES string of the molecule is Cc1ccc(F)c(C(=O)NC2(C(N)=NO)CCCCC2)c1. The minimum atomic E-state index is -0.889. The molecule has 4 N–H and O–H groups in total. The molecular formula is C15H20FN3O2. The van der Waals surface area contributed by atoms with E-state index < -0.39 is 17.3 Å². The summed E-state index contributed by atoms with van der Waals surface area (Å²) in [5.74, 6) is -1.14. The van der Waals surface area contributed by atoms with Gasteiger partial charge in [-0.2, -0.15) is 0 Å². The van der Waals surface area contributed by atoms with Crippen LogP contribution < -0.4 is 11.1 Å². The Morgan fingerprint density at radius 2 is 2.05 bits per heavy atom. The van der Waals surface area contributed by atoms with E-state index in [1.54, 1.807) is 13.0 Å². The fourth-order valence-electron chi connectivity index (χ4n) is 2.79. The first-order valence-electron chi connectivity index (χ1n) is 7.05. The maximum Gasteiger partial charge on any atom is 0.255 e. The molecule has 0 saturated heterocycles. The zero-order valence-corrected chi connectivity index (χ0v) is 12.0. The zero-order valence-electron chi connectivity index (χ0n) is 12.0. The average molecular weight is 293 g/mol. The smallest absolute Gasteiger partial charge is 0.255 e. The molecule has 114 valence electrons. The van der Waals surface area contributed by atoms with Gasteiger partial charge in [-0.25, -0.2) is 4.39 Å². The van der Waals surface area contributed by atoms with Crippen molar-refractivity contribution in [3.63, 3.8) is 0 Å². The first kappa shape index (κ1) is 15.3. The van der Waals surface area contributed by atoms with E-state index in [1.165, 1.54) is 12.1 Å². The molecule has 1 amide bonds. The highest BCUT2D eigenvalue weighted by Crippen LogP contribution is 2.29. The van der Waals surface area contributed by atoms with Crippen molar-refractivity contribution >= 4 is 11.7 Å². The highest BCUT2D eigenvalue weighted by atomic mass is 19.1. The molecule has 0 spiro atoms. The minimum absolute atomic E-state index is 0.0225. The van der Waals surface area contributed by atoms with Crippen molar-refractivity contribution in [2.24, 2.45) is 10.9 Å². The number of amidine groups is 1. The number of hydrogen-bond donors (Lipinski definition) is 3. The highest BCUT2D eigenvalue weighted by molar-refractivity contribution is 6.00. The first-order chi connectivity index (χ1) is 9.98. The Hall–Kier alpha value is -2.11. The van der Waals surface area contributed by atoms with Crippen LogP contribution in [0.1, 0.15) is 48.0 Å². The van der Waals surface area contributed by atoms with Gasteiger partial charge in [-0.3, -0.25) is 4.79 Å². The summed E-state index contributed by atoms with van der Waals surface area (Å²) in [4.78, 5) is 12.4. The molecule has 1 saturated carbocycles. The van der Waals surface area contributed by atoms with Crippen LogP contribution in [0.2, 0.25) is 0 Å². The van der Waals surface area contributed by atoms with Gasteiger partial charge in [0.05, 0.1) is 5.56 Å². The lowest BCUT2D eigenvalue weighted by atomic mass is 9.80. The van der Waals surface area contributed by atoms with Gasteiger partial charge in [0, 0.05) is 0 Å². The molecule has 0 atom stereocenters. The molecule has 0 aliphatic heterocycles. The number of amides is 1. The summed E-state index contributed by atoms with van der Waals surface area (Å²) in [5, 5.41) is 14.8. The van der Waals surface area contributed by atoms with Crippen LogP contribution in [-0.2, 0) is 0 Å². The zero-order chi connectivity index (χ0) is 15.5. The maximum atomic E-state index is 13.8. The number of carbonyl (C=O) groups excluding carboxylic acids is 1. The third kappa shape index (κ3) is 3.15. The molecule has 1 aliphatic rings. The fraction of sp³-hybridized carbons (Fsp3) is 0.467. The van der Waals surface area contributed by atoms with Crippen molar-refractivity contribution in [3.8, 4) is 0 Å². The molecule has 21 heavy (non-hydrogen) atoms. The molecule has 0 unspecified atom stereocenters. The summed E-state index contributed by atoms with van der Waals surface area (Å²) >= 11 is 0. The third-order valence-corrected chi connectivity index (χ3v) is 4.02. The largest absolute Gasteiger partial charge is 0.409 e. The standard InChI is InChI=1S/C15H20FN3O2/c1-10-5-6-12(16)11(9-10)13(20)18-15(14(17)19-21)7-3-2-4-8-15/h5-6,9,21H,2-4,7-8H2,1H3,(H2,17,19)(H,18,20). The van der Waals surface area contributed by atoms with E-state index in [1.807, 2.05) is 0 Å². The van der Waals surface area contributed by atoms with Crippen molar-refractivity contribution in [3.05, 3.63) is 35.1 Å². The molecule has 0 bridgehead atoms. The highest BCUT2D eigenvalue weighted by Gasteiger charge is 2.38. The molecule has 6 heteroatoms. The van der Waals surface area contributed by atoms with Crippen molar-refractivity contribution in [2.45, 2.75) is 44.6 Å². The summed E-state index contributed by atoms with van der Waals surface area (Å²) in [6.45, 7) is 1.79. The molecule has 0 heterocycles. The molecule has 1 aromatic carbocycles. The Kier molecular flexibility index (Phi) is 4.45. The summed E-state index contributed by atoms with van der Waals surface area (Å²) in [7, 11) is 0. The molecule has 1 aromatic rings. The Morgan fingerprint density at radius 3 is 2.67 bits per heavy atom. The summed E-state index contributed by atoms with van der Waals surface area (Å²) < 4.78 is 13.8. The van der Waals surface area contributed by atoms with E-state index in [2.05, 4.69) is 10.5 Å². The lowest BCUT2D eigenvalue weighted by molar-refractivity contribution is 0.0901. The second-order valence-corrected chi connectivity index (χ2v) is 5.57. The lowest BCUT2D eigenvalue weighted by Gasteiger charge is -2.36. The second-order valence-electron chi connectivity index (χ2n) is 5.57. The van der Waals surface area contributed by atoms with Gasteiger partial charge in [0.1, 0.15) is 11.4 Å². The van der Waals surface area contributed by atoms with Crippen LogP contribution in [0.4, 0.5) is 4.39 Å². The predicted octanol–water partition coefficient (Wildman–Crippen LogP) is 2.31. The number of carbonyl (C=O) groups is 1. The summed E-state index contributed by atoms with van der Waals surface area (Å²) in [5.41, 5.74) is 5.65. The quantitative estimate of drug-likeness (QED) is 0.346. The number of aryl methyl sites for hydroxylation is 1. The molecule has 5 nitrogen and oxygen atoms in total. The Morgan fingerprint density at radius 1 is 1.38 bits per heavy atom. The third-order valence-electron chi connectivity index (χ3n) is 4.02. The second kappa shape index (κ2) is 6.11. The van der Waals surface area contributed by atoms with Gasteiger partial charge in [0.2, 0.25) is 0 Å². The normalized spacial score (nSPS) is 18.3. The number of hydrogen-bond acceptors (Lipinski definition) is 3. The van der Waals surface area contributed by atoms with Crippen LogP contribution >= 0.6 is 0 Å². The Bertz CT molecular complexity index is 566. The predicted molar refractivity (Wildman–Crippen MR) is 77.8 cm³/mol. The van der Waals surface area contributed by atoms with Gasteiger partial charge in [-0.1, -0.05) is 36.0 Å². The minimum Gasteiger partial charge on any atom is -0.409 e. The molecule has 0 radical (unpaired) electrons. The van der Waals surface area contributed by atoms with Crippen molar-refractivity contribution in [1.82, 2.24) is 5.32 Å². The molecule has 0 aromatic heterocycles. The van der Waals surface area contributed by atoms with E-state index >= 15 is 0 Å². The number of benzene rings is 1. The molecule has 1 aliphatic carbocycles. The lowest BCUT2D eigenvalue weighted by Crippen LogP contribution is -2.58. The van der Waals surface area contributed by atoms with E-state index in [0.717, 1.165) is 24.8 Å².